The van der Waals surface area contributed by atoms with Crippen LogP contribution in [0.15, 0.2) is 89.3 Å². The molecule has 2 heterocycles. The Hall–Kier alpha value is -4.27. The number of furan rings is 1. The van der Waals surface area contributed by atoms with Gasteiger partial charge in [-0.15, -0.1) is 0 Å². The number of H-pyrrole nitrogens is 1. The maximum Gasteiger partial charge on any atom is 0.274 e. The summed E-state index contributed by atoms with van der Waals surface area (Å²) in [4.78, 5) is 16.0. The van der Waals surface area contributed by atoms with Crippen LogP contribution in [0.1, 0.15) is 16.1 Å². The number of para-hydroxylation sites is 1. The van der Waals surface area contributed by atoms with Crippen LogP contribution < -0.4 is 5.32 Å². The summed E-state index contributed by atoms with van der Waals surface area (Å²) in [5.41, 5.74) is 3.52. The second kappa shape index (κ2) is 8.10. The first-order chi connectivity index (χ1) is 15.7. The summed E-state index contributed by atoms with van der Waals surface area (Å²) in [6.45, 7) is 0. The van der Waals surface area contributed by atoms with E-state index in [1.807, 2.05) is 72.8 Å². The van der Waals surface area contributed by atoms with Crippen molar-refractivity contribution >= 4 is 34.3 Å². The molecule has 0 atom stereocenters. The number of carbonyl (C=O) groups is 1. The molecule has 2 N–H and O–H groups in total. The second-order valence-electron chi connectivity index (χ2n) is 7.20. The molecule has 0 aliphatic heterocycles. The van der Waals surface area contributed by atoms with E-state index in [-0.39, 0.29) is 11.4 Å². The van der Waals surface area contributed by atoms with E-state index in [0.29, 0.717) is 27.6 Å². The van der Waals surface area contributed by atoms with Gasteiger partial charge in [0.2, 0.25) is 5.88 Å². The number of carbonyl (C=O) groups excluding carboxylic acids is 1. The molecule has 0 saturated carbocycles. The Morgan fingerprint density at radius 2 is 1.62 bits per heavy atom. The lowest BCUT2D eigenvalue weighted by molar-refractivity contribution is 0.102. The van der Waals surface area contributed by atoms with Crippen LogP contribution in [-0.4, -0.2) is 10.9 Å². The Morgan fingerprint density at radius 1 is 0.938 bits per heavy atom. The van der Waals surface area contributed by atoms with Crippen molar-refractivity contribution < 1.29 is 9.21 Å². The van der Waals surface area contributed by atoms with Crippen molar-refractivity contribution in [1.29, 1.82) is 5.26 Å². The van der Waals surface area contributed by atoms with Gasteiger partial charge in [0.1, 0.15) is 23.1 Å². The predicted octanol–water partition coefficient (Wildman–Crippen LogP) is 6.87. The SMILES string of the molecule is N#Cc1c(NC(=O)c2cc3cccc(Cl)c3[nH]2)oc(-c2ccccc2)c1-c1ccccc1. The van der Waals surface area contributed by atoms with Gasteiger partial charge in [-0.25, -0.2) is 0 Å². The summed E-state index contributed by atoms with van der Waals surface area (Å²) < 4.78 is 6.07. The summed E-state index contributed by atoms with van der Waals surface area (Å²) >= 11 is 6.22. The Morgan fingerprint density at radius 3 is 2.28 bits per heavy atom. The molecule has 1 amide bonds. The van der Waals surface area contributed by atoms with Crippen LogP contribution in [-0.2, 0) is 0 Å². The minimum atomic E-state index is -0.429. The van der Waals surface area contributed by atoms with E-state index < -0.39 is 5.91 Å². The number of aromatic amines is 1. The van der Waals surface area contributed by atoms with E-state index in [1.165, 1.54) is 0 Å². The largest absolute Gasteiger partial charge is 0.438 e. The molecule has 5 rings (SSSR count). The van der Waals surface area contributed by atoms with Crippen LogP contribution in [0, 0.1) is 11.3 Å². The lowest BCUT2D eigenvalue weighted by Crippen LogP contribution is -2.12. The minimum Gasteiger partial charge on any atom is -0.438 e. The van der Waals surface area contributed by atoms with Crippen LogP contribution in [0.4, 0.5) is 5.88 Å². The molecule has 2 aromatic heterocycles. The van der Waals surface area contributed by atoms with Crippen molar-refractivity contribution in [2.75, 3.05) is 5.32 Å². The molecule has 0 radical (unpaired) electrons. The van der Waals surface area contributed by atoms with Crippen molar-refractivity contribution in [3.63, 3.8) is 0 Å². The summed E-state index contributed by atoms with van der Waals surface area (Å²) in [6, 6.07) is 28.3. The number of benzene rings is 3. The fourth-order valence-electron chi connectivity index (χ4n) is 3.71. The molecule has 5 aromatic rings. The van der Waals surface area contributed by atoms with Crippen LogP contribution in [0.2, 0.25) is 5.02 Å². The van der Waals surface area contributed by atoms with Gasteiger partial charge in [0.25, 0.3) is 5.91 Å². The van der Waals surface area contributed by atoms with Gasteiger partial charge in [0, 0.05) is 16.5 Å². The molecule has 0 spiro atoms. The number of hydrogen-bond acceptors (Lipinski definition) is 3. The lowest BCUT2D eigenvalue weighted by atomic mass is 9.98. The third-order valence-electron chi connectivity index (χ3n) is 5.20. The van der Waals surface area contributed by atoms with Crippen LogP contribution in [0.3, 0.4) is 0 Å². The molecule has 0 fully saturated rings. The number of nitrogens with zero attached hydrogens (tertiary/aromatic N) is 1. The Kier molecular flexibility index (Phi) is 4.98. The number of nitriles is 1. The zero-order chi connectivity index (χ0) is 22.1. The highest BCUT2D eigenvalue weighted by Gasteiger charge is 2.25. The normalized spacial score (nSPS) is 10.8. The molecule has 0 saturated heterocycles. The molecule has 6 heteroatoms. The van der Waals surface area contributed by atoms with Gasteiger partial charge < -0.3 is 9.40 Å². The van der Waals surface area contributed by atoms with Gasteiger partial charge in [0.05, 0.1) is 10.5 Å². The van der Waals surface area contributed by atoms with E-state index in [1.54, 1.807) is 12.1 Å². The van der Waals surface area contributed by atoms with E-state index in [2.05, 4.69) is 16.4 Å². The first kappa shape index (κ1) is 19.7. The van der Waals surface area contributed by atoms with Gasteiger partial charge >= 0.3 is 0 Å². The number of hydrogen-bond donors (Lipinski definition) is 2. The number of amides is 1. The van der Waals surface area contributed by atoms with Crippen molar-refractivity contribution in [3.05, 3.63) is 101 Å². The van der Waals surface area contributed by atoms with Crippen LogP contribution in [0.5, 0.6) is 0 Å². The fraction of sp³-hybridized carbons (Fsp3) is 0. The third-order valence-corrected chi connectivity index (χ3v) is 5.51. The van der Waals surface area contributed by atoms with Gasteiger partial charge in [-0.3, -0.25) is 10.1 Å². The van der Waals surface area contributed by atoms with E-state index in [0.717, 1.165) is 16.5 Å². The van der Waals surface area contributed by atoms with Crippen molar-refractivity contribution in [2.24, 2.45) is 0 Å². The van der Waals surface area contributed by atoms with E-state index in [9.17, 15) is 10.1 Å². The quantitative estimate of drug-likeness (QED) is 0.321. The van der Waals surface area contributed by atoms with Crippen molar-refractivity contribution in [2.45, 2.75) is 0 Å². The van der Waals surface area contributed by atoms with Gasteiger partial charge in [-0.05, 0) is 17.7 Å². The number of anilines is 1. The van der Waals surface area contributed by atoms with Crippen molar-refractivity contribution in [3.8, 4) is 28.5 Å². The van der Waals surface area contributed by atoms with Crippen LogP contribution >= 0.6 is 11.6 Å². The summed E-state index contributed by atoms with van der Waals surface area (Å²) in [6.07, 6.45) is 0. The maximum atomic E-state index is 13.0. The van der Waals surface area contributed by atoms with E-state index in [4.69, 9.17) is 16.0 Å². The minimum absolute atomic E-state index is 0.0972. The summed E-state index contributed by atoms with van der Waals surface area (Å²) in [5.74, 6) is 0.185. The highest BCUT2D eigenvalue weighted by Crippen LogP contribution is 2.41. The summed E-state index contributed by atoms with van der Waals surface area (Å²) in [5, 5.41) is 14.1. The maximum absolute atomic E-state index is 13.0. The molecule has 0 bridgehead atoms. The smallest absolute Gasteiger partial charge is 0.274 e. The number of fused-ring (bicyclic) bond motifs is 1. The van der Waals surface area contributed by atoms with Crippen LogP contribution in [0.25, 0.3) is 33.4 Å². The second-order valence-corrected chi connectivity index (χ2v) is 7.60. The molecule has 0 aliphatic carbocycles. The van der Waals surface area contributed by atoms with Gasteiger partial charge in [-0.1, -0.05) is 84.4 Å². The zero-order valence-electron chi connectivity index (χ0n) is 16.7. The molecule has 5 nitrogen and oxygen atoms in total. The fourth-order valence-corrected chi connectivity index (χ4v) is 3.94. The molecule has 0 unspecified atom stereocenters. The molecule has 32 heavy (non-hydrogen) atoms. The Bertz CT molecular complexity index is 1480. The predicted molar refractivity (Wildman–Crippen MR) is 126 cm³/mol. The topological polar surface area (TPSA) is 81.8 Å². The number of rotatable bonds is 4. The first-order valence-corrected chi connectivity index (χ1v) is 10.3. The average Bonchev–Trinajstić information content (AvgIpc) is 3.43. The summed E-state index contributed by atoms with van der Waals surface area (Å²) in [7, 11) is 0. The van der Waals surface area contributed by atoms with E-state index >= 15 is 0 Å². The first-order valence-electron chi connectivity index (χ1n) is 9.92. The zero-order valence-corrected chi connectivity index (χ0v) is 17.5. The molecular weight excluding hydrogens is 422 g/mol. The number of nitrogens with one attached hydrogen (secondary N) is 2. The van der Waals surface area contributed by atoms with Crippen molar-refractivity contribution in [1.82, 2.24) is 4.98 Å². The third kappa shape index (κ3) is 3.43. The van der Waals surface area contributed by atoms with Gasteiger partial charge in [0.15, 0.2) is 0 Å². The van der Waals surface area contributed by atoms with Gasteiger partial charge in [-0.2, -0.15) is 5.26 Å². The molecule has 0 aliphatic rings. The lowest BCUT2D eigenvalue weighted by Gasteiger charge is -2.03. The molecular formula is C26H16ClN3O2. The Labute approximate surface area is 188 Å². The monoisotopic (exact) mass is 437 g/mol. The highest BCUT2D eigenvalue weighted by atomic mass is 35.5. The number of halogens is 1. The molecule has 3 aromatic carbocycles. The Balaban J connectivity index is 1.61. The molecule has 154 valence electrons. The highest BCUT2D eigenvalue weighted by molar-refractivity contribution is 6.35. The number of aromatic nitrogens is 1. The standard InChI is InChI=1S/C26H16ClN3O2/c27-20-13-7-12-18-14-21(29-23(18)20)25(31)30-26-19(15-28)22(16-8-3-1-4-9-16)24(32-26)17-10-5-2-6-11-17/h1-14,29H,(H,30,31). The average molecular weight is 438 g/mol.